The van der Waals surface area contributed by atoms with Crippen LogP contribution in [0, 0.1) is 6.92 Å². The fourth-order valence-corrected chi connectivity index (χ4v) is 2.79. The van der Waals surface area contributed by atoms with Crippen molar-refractivity contribution in [1.29, 1.82) is 0 Å². The van der Waals surface area contributed by atoms with Gasteiger partial charge in [-0.3, -0.25) is 4.90 Å². The molecule has 0 saturated carbocycles. The van der Waals surface area contributed by atoms with E-state index < -0.39 is 6.42 Å². The van der Waals surface area contributed by atoms with E-state index >= 15 is 4.39 Å². The Morgan fingerprint density at radius 2 is 1.76 bits per heavy atom. The summed E-state index contributed by atoms with van der Waals surface area (Å²) in [6, 6.07) is 17.0. The largest absolute Gasteiger partial charge is 0.275 e. The van der Waals surface area contributed by atoms with Crippen LogP contribution < -0.4 is 9.91 Å². The molecule has 0 amide bonds. The second-order valence-corrected chi connectivity index (χ2v) is 5.63. The van der Waals surface area contributed by atoms with Gasteiger partial charge in [0.05, 0.1) is 5.69 Å². The minimum atomic E-state index is -1.45. The van der Waals surface area contributed by atoms with Crippen LogP contribution in [-0.4, -0.2) is 12.3 Å². The van der Waals surface area contributed by atoms with Crippen LogP contribution in [0.15, 0.2) is 96.7 Å². The molecule has 126 valence electrons. The van der Waals surface area contributed by atoms with E-state index in [0.717, 1.165) is 16.9 Å². The highest BCUT2D eigenvalue weighted by Gasteiger charge is 2.37. The summed E-state index contributed by atoms with van der Waals surface area (Å²) in [5.41, 5.74) is 3.11. The van der Waals surface area contributed by atoms with E-state index in [4.69, 9.17) is 0 Å². The van der Waals surface area contributed by atoms with Gasteiger partial charge in [-0.1, -0.05) is 67.8 Å². The van der Waals surface area contributed by atoms with Crippen LogP contribution in [0.4, 0.5) is 15.8 Å². The zero-order valence-corrected chi connectivity index (χ0v) is 14.1. The summed E-state index contributed by atoms with van der Waals surface area (Å²) < 4.78 is 15.4. The second-order valence-electron chi connectivity index (χ2n) is 5.63. The highest BCUT2D eigenvalue weighted by atomic mass is 19.1. The quantitative estimate of drug-likeness (QED) is 0.554. The van der Waals surface area contributed by atoms with Crippen molar-refractivity contribution in [3.05, 3.63) is 97.1 Å². The van der Waals surface area contributed by atoms with Gasteiger partial charge in [-0.15, -0.1) is 5.10 Å². The molecule has 0 aromatic heterocycles. The third kappa shape index (κ3) is 3.11. The number of hydrogen-bond donors (Lipinski definition) is 0. The molecule has 1 unspecified atom stereocenters. The van der Waals surface area contributed by atoms with Crippen molar-refractivity contribution < 1.29 is 4.39 Å². The van der Waals surface area contributed by atoms with Gasteiger partial charge >= 0.3 is 0 Å². The molecule has 1 atom stereocenters. The Bertz CT molecular complexity index is 839. The van der Waals surface area contributed by atoms with Crippen molar-refractivity contribution in [2.45, 2.75) is 13.3 Å². The molecule has 2 aromatic rings. The smallest absolute Gasteiger partial charge is 0.274 e. The van der Waals surface area contributed by atoms with Gasteiger partial charge in [0.2, 0.25) is 0 Å². The highest BCUT2D eigenvalue weighted by molar-refractivity contribution is 6.13. The minimum absolute atomic E-state index is 0.497. The maximum atomic E-state index is 15.4. The number of benzene rings is 2. The Morgan fingerprint density at radius 3 is 2.40 bits per heavy atom. The summed E-state index contributed by atoms with van der Waals surface area (Å²) in [7, 11) is 0. The Hall–Kier alpha value is -3.14. The number of anilines is 2. The molecule has 0 N–H and O–H groups in total. The van der Waals surface area contributed by atoms with Crippen LogP contribution in [0.5, 0.6) is 0 Å². The second kappa shape index (κ2) is 7.18. The van der Waals surface area contributed by atoms with Crippen LogP contribution >= 0.6 is 0 Å². The molecule has 0 radical (unpaired) electrons. The first kappa shape index (κ1) is 16.7. The van der Waals surface area contributed by atoms with Gasteiger partial charge in [-0.25, -0.2) is 5.01 Å². The van der Waals surface area contributed by atoms with Crippen molar-refractivity contribution in [3.8, 4) is 0 Å². The third-order valence-electron chi connectivity index (χ3n) is 4.02. The number of nitrogens with zero attached hydrogens (tertiary/aromatic N) is 3. The number of aryl methyl sites for hydroxylation is 1. The van der Waals surface area contributed by atoms with Crippen LogP contribution in [0.25, 0.3) is 0 Å². The number of alkyl halides is 1. The number of para-hydroxylation sites is 2. The van der Waals surface area contributed by atoms with Crippen molar-refractivity contribution in [1.82, 2.24) is 0 Å². The lowest BCUT2D eigenvalue weighted by molar-refractivity contribution is 0.346. The van der Waals surface area contributed by atoms with E-state index in [1.54, 1.807) is 23.1 Å². The first-order chi connectivity index (χ1) is 12.2. The lowest BCUT2D eigenvalue weighted by atomic mass is 10.2. The van der Waals surface area contributed by atoms with Crippen molar-refractivity contribution >= 4 is 17.2 Å². The standard InChI is InChI=1S/C21H20FN3/c1-4-11-17(5-2)20-23-25(19-15-10-9-12-16(19)3)21(22)24(20)18-13-7-6-8-14-18/h4-15,21H,1-2H2,3H3/b17-11+. The van der Waals surface area contributed by atoms with E-state index in [1.807, 2.05) is 61.5 Å². The third-order valence-corrected chi connectivity index (χ3v) is 4.02. The zero-order valence-electron chi connectivity index (χ0n) is 14.1. The topological polar surface area (TPSA) is 18.8 Å². The predicted molar refractivity (Wildman–Crippen MR) is 103 cm³/mol. The highest BCUT2D eigenvalue weighted by Crippen LogP contribution is 2.33. The molecule has 3 nitrogen and oxygen atoms in total. The molecule has 1 aliphatic heterocycles. The molecule has 0 bridgehead atoms. The SMILES string of the molecule is C=C/C=C(\C=C)C1=NN(c2ccccc2C)C(F)N1c1ccccc1. The normalized spacial score (nSPS) is 17.4. The molecule has 3 rings (SSSR count). The van der Waals surface area contributed by atoms with Crippen LogP contribution in [-0.2, 0) is 0 Å². The molecule has 4 heteroatoms. The molecular weight excluding hydrogens is 313 g/mol. The van der Waals surface area contributed by atoms with Gasteiger partial charge < -0.3 is 0 Å². The number of halogens is 1. The first-order valence-corrected chi connectivity index (χ1v) is 8.04. The van der Waals surface area contributed by atoms with E-state index in [0.29, 0.717) is 11.4 Å². The van der Waals surface area contributed by atoms with Gasteiger partial charge in [0.1, 0.15) is 0 Å². The maximum absolute atomic E-state index is 15.4. The number of hydrogen-bond acceptors (Lipinski definition) is 3. The minimum Gasteiger partial charge on any atom is -0.275 e. The summed E-state index contributed by atoms with van der Waals surface area (Å²) in [5, 5.41) is 5.96. The van der Waals surface area contributed by atoms with Crippen molar-refractivity contribution in [2.75, 3.05) is 9.91 Å². The molecule has 0 spiro atoms. The monoisotopic (exact) mass is 333 g/mol. The van der Waals surface area contributed by atoms with E-state index in [9.17, 15) is 0 Å². The summed E-state index contributed by atoms with van der Waals surface area (Å²) in [4.78, 5) is 1.56. The maximum Gasteiger partial charge on any atom is 0.274 e. The number of allylic oxidation sites excluding steroid dienone is 2. The van der Waals surface area contributed by atoms with Crippen LogP contribution in [0.1, 0.15) is 5.56 Å². The Labute approximate surface area is 147 Å². The van der Waals surface area contributed by atoms with E-state index in [2.05, 4.69) is 18.3 Å². The summed E-state index contributed by atoms with van der Waals surface area (Å²) in [6.07, 6.45) is 3.62. The summed E-state index contributed by atoms with van der Waals surface area (Å²) in [6.45, 7) is 9.49. The number of rotatable bonds is 5. The van der Waals surface area contributed by atoms with Crippen molar-refractivity contribution in [3.63, 3.8) is 0 Å². The van der Waals surface area contributed by atoms with Gasteiger partial charge in [0, 0.05) is 11.3 Å². The van der Waals surface area contributed by atoms with E-state index in [1.165, 1.54) is 5.01 Å². The average molecular weight is 333 g/mol. The molecule has 25 heavy (non-hydrogen) atoms. The van der Waals surface area contributed by atoms with E-state index in [-0.39, 0.29) is 0 Å². The average Bonchev–Trinajstić information content (AvgIpc) is 2.97. The molecule has 1 heterocycles. The summed E-state index contributed by atoms with van der Waals surface area (Å²) in [5.74, 6) is 0.497. The van der Waals surface area contributed by atoms with Crippen LogP contribution in [0.3, 0.4) is 0 Å². The molecule has 2 aromatic carbocycles. The van der Waals surface area contributed by atoms with Crippen molar-refractivity contribution in [2.24, 2.45) is 5.10 Å². The van der Waals surface area contributed by atoms with Crippen LogP contribution in [0.2, 0.25) is 0 Å². The molecule has 0 aliphatic carbocycles. The first-order valence-electron chi connectivity index (χ1n) is 8.04. The Balaban J connectivity index is 2.13. The molecular formula is C21H20FN3. The Kier molecular flexibility index (Phi) is 4.80. The number of amidine groups is 1. The number of hydrazone groups is 1. The molecule has 0 saturated heterocycles. The molecule has 0 fully saturated rings. The van der Waals surface area contributed by atoms with Gasteiger partial charge in [0.15, 0.2) is 5.84 Å². The lowest BCUT2D eigenvalue weighted by Gasteiger charge is -2.26. The summed E-state index contributed by atoms with van der Waals surface area (Å²) >= 11 is 0. The lowest BCUT2D eigenvalue weighted by Crippen LogP contribution is -2.39. The molecule has 1 aliphatic rings. The fourth-order valence-electron chi connectivity index (χ4n) is 2.79. The fraction of sp³-hybridized carbons (Fsp3) is 0.0952. The van der Waals surface area contributed by atoms with Gasteiger partial charge in [-0.05, 0) is 30.7 Å². The Morgan fingerprint density at radius 1 is 1.08 bits per heavy atom. The predicted octanol–water partition coefficient (Wildman–Crippen LogP) is 5.19. The van der Waals surface area contributed by atoms with Gasteiger partial charge in [0.25, 0.3) is 6.42 Å². The zero-order chi connectivity index (χ0) is 17.8. The van der Waals surface area contributed by atoms with Gasteiger partial charge in [-0.2, -0.15) is 4.39 Å².